The summed E-state index contributed by atoms with van der Waals surface area (Å²) in [4.78, 5) is 6.71. The predicted octanol–water partition coefficient (Wildman–Crippen LogP) is 7.08. The summed E-state index contributed by atoms with van der Waals surface area (Å²) in [6, 6.07) is 22.9. The molecule has 4 rings (SSSR count). The zero-order valence-electron chi connectivity index (χ0n) is 24.3. The van der Waals surface area contributed by atoms with Crippen molar-refractivity contribution in [3.8, 4) is 17.2 Å². The van der Waals surface area contributed by atoms with E-state index in [1.54, 1.807) is 12.3 Å². The summed E-state index contributed by atoms with van der Waals surface area (Å²) >= 11 is 0. The van der Waals surface area contributed by atoms with Crippen molar-refractivity contribution in [3.05, 3.63) is 108 Å². The van der Waals surface area contributed by atoms with Gasteiger partial charge in [-0.05, 0) is 66.6 Å². The van der Waals surface area contributed by atoms with Gasteiger partial charge in [0, 0.05) is 50.1 Å². The van der Waals surface area contributed by atoms with Gasteiger partial charge in [-0.1, -0.05) is 64.2 Å². The van der Waals surface area contributed by atoms with Crippen LogP contribution in [0.15, 0.2) is 91.7 Å². The van der Waals surface area contributed by atoms with Gasteiger partial charge in [-0.2, -0.15) is 10.4 Å². The number of rotatable bonds is 15. The molecule has 2 N–H and O–H groups in total. The van der Waals surface area contributed by atoms with E-state index in [1.807, 2.05) is 30.1 Å². The Labute approximate surface area is 245 Å². The molecule has 0 aliphatic carbocycles. The molecule has 0 saturated heterocycles. The molecule has 0 fully saturated rings. The number of hydrogen-bond acceptors (Lipinski definition) is 6. The van der Waals surface area contributed by atoms with Crippen LogP contribution in [-0.2, 0) is 13.6 Å². The van der Waals surface area contributed by atoms with Gasteiger partial charge in [0.15, 0.2) is 0 Å². The van der Waals surface area contributed by atoms with Gasteiger partial charge in [0.1, 0.15) is 11.9 Å². The molecule has 0 bridgehead atoms. The van der Waals surface area contributed by atoms with Crippen molar-refractivity contribution in [1.29, 1.82) is 5.26 Å². The van der Waals surface area contributed by atoms with Crippen molar-refractivity contribution < 1.29 is 0 Å². The first-order valence-electron chi connectivity index (χ1n) is 14.1. The molecule has 0 aliphatic heterocycles. The molecule has 2 aromatic heterocycles. The third kappa shape index (κ3) is 8.67. The minimum absolute atomic E-state index is 0.259. The van der Waals surface area contributed by atoms with Crippen LogP contribution < -0.4 is 15.5 Å². The fourth-order valence-electron chi connectivity index (χ4n) is 4.77. The standard InChI is InChI=1S/C33H40N7P/c1-5-17-41(18-9-16-35-33-15-12-29(20-34)22-37-33)25-40(27(3)36-21-28-10-7-6-8-11-28)31-13-14-32(26(2)19-31)30-23-38-39(4)24-30/h6-8,10-15,19,22-24,36H,3,5,9,16-18,21,25H2,1-2,4H3,(H,35,37). The molecule has 212 valence electrons. The van der Waals surface area contributed by atoms with Crippen LogP contribution in [0.1, 0.15) is 36.5 Å². The number of aryl methyl sites for hydroxylation is 2. The summed E-state index contributed by atoms with van der Waals surface area (Å²) in [6.45, 7) is 10.5. The maximum Gasteiger partial charge on any atom is 0.125 e. The third-order valence-electron chi connectivity index (χ3n) is 6.93. The number of anilines is 2. The first-order valence-corrected chi connectivity index (χ1v) is 16.0. The second-order valence-electron chi connectivity index (χ2n) is 10.2. The summed E-state index contributed by atoms with van der Waals surface area (Å²) in [6.07, 6.45) is 11.1. The Balaban J connectivity index is 1.47. The number of hydrogen-bond donors (Lipinski definition) is 2. The highest BCUT2D eigenvalue weighted by Crippen LogP contribution is 2.40. The Hall–Kier alpha value is -4.14. The fourth-order valence-corrected chi connectivity index (χ4v) is 7.25. The van der Waals surface area contributed by atoms with E-state index in [-0.39, 0.29) is 7.92 Å². The van der Waals surface area contributed by atoms with Crippen molar-refractivity contribution in [1.82, 2.24) is 20.1 Å². The number of nitrogens with zero attached hydrogens (tertiary/aromatic N) is 5. The van der Waals surface area contributed by atoms with Crippen LogP contribution >= 0.6 is 7.92 Å². The fraction of sp³-hybridized carbons (Fsp3) is 0.303. The van der Waals surface area contributed by atoms with Gasteiger partial charge in [-0.3, -0.25) is 4.68 Å². The largest absolute Gasteiger partial charge is 0.370 e. The Morgan fingerprint density at radius 1 is 1.10 bits per heavy atom. The zero-order chi connectivity index (χ0) is 29.0. The monoisotopic (exact) mass is 565 g/mol. The lowest BCUT2D eigenvalue weighted by atomic mass is 10.0. The summed E-state index contributed by atoms with van der Waals surface area (Å²) in [5, 5.41) is 20.4. The van der Waals surface area contributed by atoms with Crippen LogP contribution in [-0.4, -0.2) is 39.9 Å². The summed E-state index contributed by atoms with van der Waals surface area (Å²) in [5.74, 6) is 1.74. The molecule has 8 heteroatoms. The Morgan fingerprint density at radius 3 is 2.59 bits per heavy atom. The molecule has 41 heavy (non-hydrogen) atoms. The molecule has 2 aromatic carbocycles. The SMILES string of the molecule is C=C(NCc1ccccc1)N(CP(CCC)CCCNc1ccc(C#N)cn1)c1ccc(-c2cnn(C)c2)c(C)c1. The van der Waals surface area contributed by atoms with Crippen LogP contribution in [0, 0.1) is 18.3 Å². The van der Waals surface area contributed by atoms with Crippen LogP contribution in [0.4, 0.5) is 11.5 Å². The van der Waals surface area contributed by atoms with Gasteiger partial charge in [-0.15, -0.1) is 0 Å². The number of nitriles is 1. The molecule has 7 nitrogen and oxygen atoms in total. The molecule has 0 aliphatic rings. The predicted molar refractivity (Wildman–Crippen MR) is 172 cm³/mol. The van der Waals surface area contributed by atoms with Gasteiger partial charge >= 0.3 is 0 Å². The van der Waals surface area contributed by atoms with Gasteiger partial charge in [0.25, 0.3) is 0 Å². The second kappa shape index (κ2) is 15.0. The highest BCUT2D eigenvalue weighted by Gasteiger charge is 2.18. The molecule has 0 amide bonds. The molecule has 2 heterocycles. The first kappa shape index (κ1) is 29.8. The number of benzene rings is 2. The number of pyridine rings is 1. The van der Waals surface area contributed by atoms with Crippen molar-refractivity contribution >= 4 is 19.4 Å². The van der Waals surface area contributed by atoms with Crippen molar-refractivity contribution in [3.63, 3.8) is 0 Å². The van der Waals surface area contributed by atoms with Gasteiger partial charge < -0.3 is 15.5 Å². The average Bonchev–Trinajstić information content (AvgIpc) is 3.43. The van der Waals surface area contributed by atoms with Crippen LogP contribution in [0.3, 0.4) is 0 Å². The number of aromatic nitrogens is 3. The topological polar surface area (TPSA) is 81.8 Å². The molecule has 0 radical (unpaired) electrons. The van der Waals surface area contributed by atoms with E-state index in [1.165, 1.54) is 22.9 Å². The first-order chi connectivity index (χ1) is 20.0. The third-order valence-corrected chi connectivity index (χ3v) is 9.65. The normalized spacial score (nSPS) is 11.5. The van der Waals surface area contributed by atoms with E-state index in [9.17, 15) is 0 Å². The Kier molecular flexibility index (Phi) is 10.9. The van der Waals surface area contributed by atoms with E-state index in [0.29, 0.717) is 5.56 Å². The van der Waals surface area contributed by atoms with Crippen molar-refractivity contribution in [2.45, 2.75) is 33.2 Å². The summed E-state index contributed by atoms with van der Waals surface area (Å²) in [7, 11) is 1.69. The zero-order valence-corrected chi connectivity index (χ0v) is 25.2. The van der Waals surface area contributed by atoms with Crippen LogP contribution in [0.25, 0.3) is 11.1 Å². The van der Waals surface area contributed by atoms with Gasteiger partial charge in [0.2, 0.25) is 0 Å². The molecule has 0 saturated carbocycles. The van der Waals surface area contributed by atoms with Crippen LogP contribution in [0.5, 0.6) is 0 Å². The minimum atomic E-state index is -0.259. The van der Waals surface area contributed by atoms with Crippen molar-refractivity contribution in [2.75, 3.05) is 35.4 Å². The number of nitrogens with one attached hydrogen (secondary N) is 2. The highest BCUT2D eigenvalue weighted by molar-refractivity contribution is 7.57. The lowest BCUT2D eigenvalue weighted by Crippen LogP contribution is -2.32. The van der Waals surface area contributed by atoms with E-state index in [4.69, 9.17) is 5.26 Å². The lowest BCUT2D eigenvalue weighted by molar-refractivity contribution is 0.768. The second-order valence-corrected chi connectivity index (χ2v) is 12.7. The summed E-state index contributed by atoms with van der Waals surface area (Å²) in [5.41, 5.74) is 6.51. The van der Waals surface area contributed by atoms with Gasteiger partial charge in [0.05, 0.1) is 17.6 Å². The smallest absolute Gasteiger partial charge is 0.125 e. The maximum atomic E-state index is 8.99. The minimum Gasteiger partial charge on any atom is -0.370 e. The molecule has 1 unspecified atom stereocenters. The van der Waals surface area contributed by atoms with E-state index < -0.39 is 0 Å². The highest BCUT2D eigenvalue weighted by atomic mass is 31.1. The van der Waals surface area contributed by atoms with Gasteiger partial charge in [-0.25, -0.2) is 4.98 Å². The average molecular weight is 566 g/mol. The van der Waals surface area contributed by atoms with Crippen LogP contribution in [0.2, 0.25) is 0 Å². The molecule has 0 spiro atoms. The molecular formula is C33H40N7P. The van der Waals surface area contributed by atoms with Crippen molar-refractivity contribution in [2.24, 2.45) is 7.05 Å². The van der Waals surface area contributed by atoms with E-state index >= 15 is 0 Å². The Bertz CT molecular complexity index is 1440. The van der Waals surface area contributed by atoms with E-state index in [0.717, 1.165) is 61.3 Å². The lowest BCUT2D eigenvalue weighted by Gasteiger charge is -2.32. The molecule has 4 aromatic rings. The van der Waals surface area contributed by atoms with E-state index in [2.05, 4.69) is 101 Å². The quantitative estimate of drug-likeness (QED) is 0.118. The molecular weight excluding hydrogens is 525 g/mol. The maximum absolute atomic E-state index is 8.99. The Morgan fingerprint density at radius 2 is 1.93 bits per heavy atom. The molecule has 1 atom stereocenters. The summed E-state index contributed by atoms with van der Waals surface area (Å²) < 4.78 is 1.84.